The Morgan fingerprint density at radius 3 is 2.36 bits per heavy atom. The van der Waals surface area contributed by atoms with Gasteiger partial charge in [-0.2, -0.15) is 0 Å². The van der Waals surface area contributed by atoms with E-state index in [1.165, 1.54) is 20.3 Å². The summed E-state index contributed by atoms with van der Waals surface area (Å²) in [5.41, 5.74) is 1.26. The average molecular weight is 319 g/mol. The van der Waals surface area contributed by atoms with Crippen molar-refractivity contribution in [3.63, 3.8) is 0 Å². The zero-order valence-corrected chi connectivity index (χ0v) is 12.9. The Kier molecular flexibility index (Phi) is 5.07. The van der Waals surface area contributed by atoms with E-state index in [0.29, 0.717) is 27.6 Å². The van der Waals surface area contributed by atoms with Gasteiger partial charge in [-0.1, -0.05) is 35.9 Å². The fourth-order valence-corrected chi connectivity index (χ4v) is 2.21. The lowest BCUT2D eigenvalue weighted by molar-refractivity contribution is -0.130. The predicted molar refractivity (Wildman–Crippen MR) is 86.5 cm³/mol. The van der Waals surface area contributed by atoms with Gasteiger partial charge in [-0.3, -0.25) is 0 Å². The molecule has 0 radical (unpaired) electrons. The van der Waals surface area contributed by atoms with Crippen LogP contribution < -0.4 is 9.47 Å². The molecule has 114 valence electrons. The van der Waals surface area contributed by atoms with Gasteiger partial charge in [-0.15, -0.1) is 0 Å². The number of aliphatic carboxylic acids is 1. The Hall–Kier alpha value is -2.46. The predicted octanol–water partition coefficient (Wildman–Crippen LogP) is 3.98. The number of benzene rings is 2. The Bertz CT molecular complexity index is 722. The molecule has 0 fully saturated rings. The summed E-state index contributed by atoms with van der Waals surface area (Å²) in [6, 6.07) is 12.0. The number of carboxylic acids is 1. The maximum atomic E-state index is 11.6. The number of carboxylic acid groups (broad SMARTS) is 1. The SMILES string of the molecule is COc1ccc(C(=Cc2ccccc2Cl)C(=O)O)cc1OC. The number of ether oxygens (including phenoxy) is 2. The molecule has 22 heavy (non-hydrogen) atoms. The van der Waals surface area contributed by atoms with E-state index in [-0.39, 0.29) is 5.57 Å². The second-order valence-electron chi connectivity index (χ2n) is 4.45. The summed E-state index contributed by atoms with van der Waals surface area (Å²) >= 11 is 6.08. The first-order valence-corrected chi connectivity index (χ1v) is 6.86. The topological polar surface area (TPSA) is 55.8 Å². The Balaban J connectivity index is 2.54. The molecule has 0 aliphatic rings. The van der Waals surface area contributed by atoms with Crippen molar-refractivity contribution in [1.29, 1.82) is 0 Å². The van der Waals surface area contributed by atoms with E-state index in [1.807, 2.05) is 0 Å². The summed E-state index contributed by atoms with van der Waals surface area (Å²) in [7, 11) is 3.02. The van der Waals surface area contributed by atoms with Gasteiger partial charge < -0.3 is 14.6 Å². The van der Waals surface area contributed by atoms with E-state index in [9.17, 15) is 9.90 Å². The molecule has 0 bridgehead atoms. The summed E-state index contributed by atoms with van der Waals surface area (Å²) in [6.45, 7) is 0. The first kappa shape index (κ1) is 15.9. The number of hydrogen-bond acceptors (Lipinski definition) is 3. The zero-order valence-electron chi connectivity index (χ0n) is 12.2. The van der Waals surface area contributed by atoms with E-state index >= 15 is 0 Å². The highest BCUT2D eigenvalue weighted by atomic mass is 35.5. The lowest BCUT2D eigenvalue weighted by atomic mass is 10.0. The van der Waals surface area contributed by atoms with Gasteiger partial charge >= 0.3 is 5.97 Å². The molecule has 0 aliphatic carbocycles. The molecule has 0 amide bonds. The van der Waals surface area contributed by atoms with E-state index in [4.69, 9.17) is 21.1 Å². The molecule has 2 aromatic rings. The van der Waals surface area contributed by atoms with Crippen molar-refractivity contribution in [2.24, 2.45) is 0 Å². The normalized spacial score (nSPS) is 11.1. The van der Waals surface area contributed by atoms with Crippen molar-refractivity contribution < 1.29 is 19.4 Å². The van der Waals surface area contributed by atoms with E-state index < -0.39 is 5.97 Å². The van der Waals surface area contributed by atoms with Gasteiger partial charge in [0.1, 0.15) is 0 Å². The van der Waals surface area contributed by atoms with Crippen molar-refractivity contribution >= 4 is 29.2 Å². The van der Waals surface area contributed by atoms with Crippen LogP contribution in [0.15, 0.2) is 42.5 Å². The highest BCUT2D eigenvalue weighted by Gasteiger charge is 2.14. The Morgan fingerprint density at radius 2 is 1.77 bits per heavy atom. The van der Waals surface area contributed by atoms with Crippen LogP contribution in [0.1, 0.15) is 11.1 Å². The molecule has 2 rings (SSSR count). The molecule has 4 nitrogen and oxygen atoms in total. The molecule has 5 heteroatoms. The lowest BCUT2D eigenvalue weighted by Crippen LogP contribution is -2.01. The third-order valence-electron chi connectivity index (χ3n) is 3.13. The molecule has 0 spiro atoms. The molecule has 1 N–H and O–H groups in total. The molecule has 0 saturated heterocycles. The maximum absolute atomic E-state index is 11.6. The quantitative estimate of drug-likeness (QED) is 0.669. The minimum Gasteiger partial charge on any atom is -0.493 e. The number of halogens is 1. The highest BCUT2D eigenvalue weighted by Crippen LogP contribution is 2.31. The molecule has 0 heterocycles. The van der Waals surface area contributed by atoms with Crippen LogP contribution in [0.3, 0.4) is 0 Å². The number of carbonyl (C=O) groups is 1. The van der Waals surface area contributed by atoms with Crippen LogP contribution in [0.2, 0.25) is 5.02 Å². The maximum Gasteiger partial charge on any atom is 0.336 e. The molecular weight excluding hydrogens is 304 g/mol. The van der Waals surface area contributed by atoms with Crippen molar-refractivity contribution in [2.45, 2.75) is 0 Å². The van der Waals surface area contributed by atoms with Crippen LogP contribution in [0.4, 0.5) is 0 Å². The monoisotopic (exact) mass is 318 g/mol. The van der Waals surface area contributed by atoms with Gasteiger partial charge in [0.15, 0.2) is 11.5 Å². The van der Waals surface area contributed by atoms with Crippen molar-refractivity contribution in [3.8, 4) is 11.5 Å². The summed E-state index contributed by atoms with van der Waals surface area (Å²) in [5, 5.41) is 9.97. The number of rotatable bonds is 5. The summed E-state index contributed by atoms with van der Waals surface area (Å²) in [5.74, 6) is -0.0489. The molecule has 2 aromatic carbocycles. The second-order valence-corrected chi connectivity index (χ2v) is 4.86. The van der Waals surface area contributed by atoms with Crippen LogP contribution in [0, 0.1) is 0 Å². The average Bonchev–Trinajstić information content (AvgIpc) is 2.53. The summed E-state index contributed by atoms with van der Waals surface area (Å²) in [4.78, 5) is 11.6. The first-order valence-electron chi connectivity index (χ1n) is 6.48. The Morgan fingerprint density at radius 1 is 1.09 bits per heavy atom. The third-order valence-corrected chi connectivity index (χ3v) is 3.47. The zero-order chi connectivity index (χ0) is 16.1. The third kappa shape index (κ3) is 3.40. The summed E-state index contributed by atoms with van der Waals surface area (Å²) in [6.07, 6.45) is 1.53. The van der Waals surface area contributed by atoms with Gasteiger partial charge in [0.25, 0.3) is 0 Å². The van der Waals surface area contributed by atoms with Crippen molar-refractivity contribution in [1.82, 2.24) is 0 Å². The van der Waals surface area contributed by atoms with Crippen LogP contribution in [0.25, 0.3) is 11.6 Å². The molecular formula is C17H15ClO4. The highest BCUT2D eigenvalue weighted by molar-refractivity contribution is 6.33. The first-order chi connectivity index (χ1) is 10.6. The summed E-state index contributed by atoms with van der Waals surface area (Å²) < 4.78 is 10.4. The Labute approximate surface area is 133 Å². The van der Waals surface area contributed by atoms with Crippen LogP contribution in [0.5, 0.6) is 11.5 Å². The van der Waals surface area contributed by atoms with Gasteiger partial charge in [-0.25, -0.2) is 4.79 Å². The van der Waals surface area contributed by atoms with Crippen molar-refractivity contribution in [3.05, 3.63) is 58.6 Å². The smallest absolute Gasteiger partial charge is 0.336 e. The molecule has 0 aliphatic heterocycles. The fraction of sp³-hybridized carbons (Fsp3) is 0.118. The fourth-order valence-electron chi connectivity index (χ4n) is 2.02. The van der Waals surface area contributed by atoms with Crippen LogP contribution in [-0.4, -0.2) is 25.3 Å². The van der Waals surface area contributed by atoms with E-state index in [2.05, 4.69) is 0 Å². The van der Waals surface area contributed by atoms with Crippen LogP contribution >= 0.6 is 11.6 Å². The molecule has 0 aromatic heterocycles. The standard InChI is InChI=1S/C17H15ClO4/c1-21-15-8-7-11(10-16(15)22-2)13(17(19)20)9-12-5-3-4-6-14(12)18/h3-10H,1-2H3,(H,19,20). The molecule has 0 unspecified atom stereocenters. The minimum absolute atomic E-state index is 0.119. The van der Waals surface area contributed by atoms with Gasteiger partial charge in [0, 0.05) is 5.02 Å². The van der Waals surface area contributed by atoms with Gasteiger partial charge in [0.2, 0.25) is 0 Å². The number of methoxy groups -OCH3 is 2. The second kappa shape index (κ2) is 7.00. The van der Waals surface area contributed by atoms with E-state index in [1.54, 1.807) is 42.5 Å². The minimum atomic E-state index is -1.05. The number of hydrogen-bond donors (Lipinski definition) is 1. The molecule has 0 atom stereocenters. The van der Waals surface area contributed by atoms with Crippen LogP contribution in [-0.2, 0) is 4.79 Å². The van der Waals surface area contributed by atoms with Gasteiger partial charge in [-0.05, 0) is 35.4 Å². The largest absolute Gasteiger partial charge is 0.493 e. The molecule has 0 saturated carbocycles. The van der Waals surface area contributed by atoms with Gasteiger partial charge in [0.05, 0.1) is 19.8 Å². The van der Waals surface area contributed by atoms with Crippen molar-refractivity contribution in [2.75, 3.05) is 14.2 Å². The van der Waals surface area contributed by atoms with E-state index in [0.717, 1.165) is 0 Å². The lowest BCUT2D eigenvalue weighted by Gasteiger charge is -2.10.